The lowest BCUT2D eigenvalue weighted by Gasteiger charge is -1.89. The molecule has 2 aromatic rings. The average molecular weight is 201 g/mol. The van der Waals surface area contributed by atoms with Crippen LogP contribution in [0.3, 0.4) is 0 Å². The third-order valence-corrected chi connectivity index (χ3v) is 1.95. The predicted octanol–water partition coefficient (Wildman–Crippen LogP) is 2.34. The quantitative estimate of drug-likeness (QED) is 0.829. The number of hydrogen-bond donors (Lipinski definition) is 1. The molecule has 0 saturated carbocycles. The molecule has 0 radical (unpaired) electrons. The number of nitrogens with zero attached hydrogens (tertiary/aromatic N) is 1. The molecule has 15 heavy (non-hydrogen) atoms. The molecular weight excluding hydrogens is 190 g/mol. The van der Waals surface area contributed by atoms with Gasteiger partial charge in [0.2, 0.25) is 5.89 Å². The molecule has 0 aliphatic rings. The Morgan fingerprint density at radius 1 is 1.20 bits per heavy atom. The fourth-order valence-electron chi connectivity index (χ4n) is 1.20. The highest BCUT2D eigenvalue weighted by Crippen LogP contribution is 2.08. The van der Waals surface area contributed by atoms with Crippen LogP contribution in [0.2, 0.25) is 0 Å². The first-order chi connectivity index (χ1) is 7.38. The van der Waals surface area contributed by atoms with E-state index in [1.54, 1.807) is 6.08 Å². The van der Waals surface area contributed by atoms with E-state index in [-0.39, 0.29) is 6.61 Å². The van der Waals surface area contributed by atoms with Gasteiger partial charge in [0, 0.05) is 6.08 Å². The average Bonchev–Trinajstić information content (AvgIpc) is 2.76. The molecule has 1 aromatic heterocycles. The molecule has 0 aliphatic heterocycles. The molecule has 76 valence electrons. The van der Waals surface area contributed by atoms with Crippen LogP contribution >= 0.6 is 0 Å². The van der Waals surface area contributed by atoms with Gasteiger partial charge in [-0.3, -0.25) is 0 Å². The Kier molecular flexibility index (Phi) is 2.95. The van der Waals surface area contributed by atoms with E-state index in [0.717, 1.165) is 5.56 Å². The lowest BCUT2D eigenvalue weighted by atomic mass is 10.2. The summed E-state index contributed by atoms with van der Waals surface area (Å²) >= 11 is 0. The zero-order valence-corrected chi connectivity index (χ0v) is 8.13. The van der Waals surface area contributed by atoms with Crippen molar-refractivity contribution in [2.24, 2.45) is 0 Å². The van der Waals surface area contributed by atoms with Crippen molar-refractivity contribution in [1.29, 1.82) is 0 Å². The number of rotatable bonds is 3. The molecule has 0 spiro atoms. The molecule has 1 N–H and O–H groups in total. The minimum atomic E-state index is -0.0946. The fraction of sp³-hybridized carbons (Fsp3) is 0.0833. The van der Waals surface area contributed by atoms with Gasteiger partial charge in [-0.25, -0.2) is 4.98 Å². The summed E-state index contributed by atoms with van der Waals surface area (Å²) in [7, 11) is 0. The maximum absolute atomic E-state index is 8.79. The number of aromatic nitrogens is 1. The van der Waals surface area contributed by atoms with Gasteiger partial charge in [0.05, 0.1) is 6.61 Å². The molecule has 3 nitrogen and oxygen atoms in total. The molecule has 0 amide bonds. The van der Waals surface area contributed by atoms with E-state index in [9.17, 15) is 0 Å². The van der Waals surface area contributed by atoms with E-state index in [2.05, 4.69) is 4.98 Å². The first kappa shape index (κ1) is 9.68. The van der Waals surface area contributed by atoms with E-state index in [1.165, 1.54) is 6.26 Å². The molecule has 0 saturated heterocycles. The van der Waals surface area contributed by atoms with Crippen LogP contribution in [-0.2, 0) is 6.61 Å². The zero-order chi connectivity index (χ0) is 10.5. The maximum Gasteiger partial charge on any atom is 0.218 e. The monoisotopic (exact) mass is 201 g/mol. The smallest absolute Gasteiger partial charge is 0.218 e. The summed E-state index contributed by atoms with van der Waals surface area (Å²) in [4.78, 5) is 4.04. The standard InChI is InChI=1S/C12H11NO2/c14-8-11-9-15-12(13-11)7-6-10-4-2-1-3-5-10/h1-7,9,14H,8H2/b7-6+. The summed E-state index contributed by atoms with van der Waals surface area (Å²) in [6.45, 7) is -0.0946. The Bertz CT molecular complexity index is 446. The van der Waals surface area contributed by atoms with Gasteiger partial charge in [-0.15, -0.1) is 0 Å². The van der Waals surface area contributed by atoms with Crippen molar-refractivity contribution < 1.29 is 9.52 Å². The third-order valence-electron chi connectivity index (χ3n) is 1.95. The summed E-state index contributed by atoms with van der Waals surface area (Å²) < 4.78 is 5.12. The van der Waals surface area contributed by atoms with Crippen LogP contribution in [0.15, 0.2) is 41.0 Å². The van der Waals surface area contributed by atoms with Crippen molar-refractivity contribution >= 4 is 12.2 Å². The van der Waals surface area contributed by atoms with Gasteiger partial charge in [0.15, 0.2) is 0 Å². The van der Waals surface area contributed by atoms with Crippen LogP contribution in [-0.4, -0.2) is 10.1 Å². The van der Waals surface area contributed by atoms with Gasteiger partial charge >= 0.3 is 0 Å². The van der Waals surface area contributed by atoms with Crippen molar-refractivity contribution in [3.8, 4) is 0 Å². The van der Waals surface area contributed by atoms with Crippen molar-refractivity contribution in [3.05, 3.63) is 53.7 Å². The van der Waals surface area contributed by atoms with Gasteiger partial charge in [0.25, 0.3) is 0 Å². The van der Waals surface area contributed by atoms with E-state index >= 15 is 0 Å². The van der Waals surface area contributed by atoms with Crippen molar-refractivity contribution in [2.75, 3.05) is 0 Å². The molecule has 1 heterocycles. The molecule has 3 heteroatoms. The van der Waals surface area contributed by atoms with Gasteiger partial charge in [-0.05, 0) is 11.6 Å². The van der Waals surface area contributed by atoms with Crippen molar-refractivity contribution in [1.82, 2.24) is 4.98 Å². The van der Waals surface area contributed by atoms with Crippen molar-refractivity contribution in [3.63, 3.8) is 0 Å². The molecule has 0 atom stereocenters. The SMILES string of the molecule is OCc1coc(/C=C/c2ccccc2)n1. The second kappa shape index (κ2) is 4.57. The minimum absolute atomic E-state index is 0.0946. The highest BCUT2D eigenvalue weighted by Gasteiger charge is 1.97. The predicted molar refractivity (Wildman–Crippen MR) is 57.8 cm³/mol. The Morgan fingerprint density at radius 2 is 2.00 bits per heavy atom. The number of benzene rings is 1. The molecule has 1 aromatic carbocycles. The molecule has 0 fully saturated rings. The highest BCUT2D eigenvalue weighted by molar-refractivity contribution is 5.65. The van der Waals surface area contributed by atoms with E-state index in [4.69, 9.17) is 9.52 Å². The third kappa shape index (κ3) is 2.54. The molecule has 0 bridgehead atoms. The first-order valence-corrected chi connectivity index (χ1v) is 4.67. The molecule has 0 unspecified atom stereocenters. The minimum Gasteiger partial charge on any atom is -0.445 e. The van der Waals surface area contributed by atoms with E-state index in [0.29, 0.717) is 11.6 Å². The number of hydrogen-bond acceptors (Lipinski definition) is 3. The van der Waals surface area contributed by atoms with Crippen LogP contribution in [0.25, 0.3) is 12.2 Å². The second-order valence-corrected chi connectivity index (χ2v) is 3.08. The summed E-state index contributed by atoms with van der Waals surface area (Å²) in [5.74, 6) is 0.503. The highest BCUT2D eigenvalue weighted by atomic mass is 16.3. The van der Waals surface area contributed by atoms with Crippen LogP contribution in [0, 0.1) is 0 Å². The van der Waals surface area contributed by atoms with Crippen molar-refractivity contribution in [2.45, 2.75) is 6.61 Å². The molecule has 0 aliphatic carbocycles. The van der Waals surface area contributed by atoms with Gasteiger partial charge in [-0.2, -0.15) is 0 Å². The Balaban J connectivity index is 2.11. The van der Waals surface area contributed by atoms with Gasteiger partial charge in [0.1, 0.15) is 12.0 Å². The van der Waals surface area contributed by atoms with Crippen LogP contribution in [0.5, 0.6) is 0 Å². The Hall–Kier alpha value is -1.87. The largest absolute Gasteiger partial charge is 0.445 e. The summed E-state index contributed by atoms with van der Waals surface area (Å²) in [5, 5.41) is 8.79. The fourth-order valence-corrected chi connectivity index (χ4v) is 1.20. The summed E-state index contributed by atoms with van der Waals surface area (Å²) in [6.07, 6.45) is 5.13. The summed E-state index contributed by atoms with van der Waals surface area (Å²) in [5.41, 5.74) is 1.63. The Labute approximate surface area is 87.7 Å². The molecule has 2 rings (SSSR count). The first-order valence-electron chi connectivity index (χ1n) is 4.67. The number of aliphatic hydroxyl groups excluding tert-OH is 1. The topological polar surface area (TPSA) is 46.3 Å². The second-order valence-electron chi connectivity index (χ2n) is 3.08. The van der Waals surface area contributed by atoms with Crippen LogP contribution < -0.4 is 0 Å². The number of aliphatic hydroxyl groups is 1. The van der Waals surface area contributed by atoms with Crippen LogP contribution in [0.4, 0.5) is 0 Å². The number of oxazole rings is 1. The van der Waals surface area contributed by atoms with E-state index < -0.39 is 0 Å². The van der Waals surface area contributed by atoms with E-state index in [1.807, 2.05) is 36.4 Å². The lowest BCUT2D eigenvalue weighted by Crippen LogP contribution is -1.81. The van der Waals surface area contributed by atoms with Crippen LogP contribution in [0.1, 0.15) is 17.1 Å². The Morgan fingerprint density at radius 3 is 2.67 bits per heavy atom. The van der Waals surface area contributed by atoms with Gasteiger partial charge < -0.3 is 9.52 Å². The molecular formula is C12H11NO2. The summed E-state index contributed by atoms with van der Waals surface area (Å²) in [6, 6.07) is 9.88. The maximum atomic E-state index is 8.79. The lowest BCUT2D eigenvalue weighted by molar-refractivity contribution is 0.276. The zero-order valence-electron chi connectivity index (χ0n) is 8.13. The normalized spacial score (nSPS) is 11.0. The van der Waals surface area contributed by atoms with Gasteiger partial charge in [-0.1, -0.05) is 30.3 Å².